The van der Waals surface area contributed by atoms with Crippen LogP contribution in [-0.2, 0) is 9.59 Å². The largest absolute Gasteiger partial charge is 0.325 e. The number of carbonyl (C=O) groups excluding carboxylic acids is 2. The van der Waals surface area contributed by atoms with Gasteiger partial charge in [0, 0.05) is 5.69 Å². The molecule has 0 bridgehead atoms. The SMILES string of the molecule is CCCN(CC(=O)Nc1cc(F)ccc1C)CC(=O)Nc1ccc(F)c(F)c1F. The Morgan fingerprint density at radius 3 is 2.14 bits per heavy atom. The zero-order valence-corrected chi connectivity index (χ0v) is 16.0. The zero-order chi connectivity index (χ0) is 21.6. The number of hydrogen-bond donors (Lipinski definition) is 2. The second-order valence-corrected chi connectivity index (χ2v) is 6.49. The fourth-order valence-electron chi connectivity index (χ4n) is 2.67. The predicted octanol–water partition coefficient (Wildman–Crippen LogP) is 3.84. The topological polar surface area (TPSA) is 61.4 Å². The summed E-state index contributed by atoms with van der Waals surface area (Å²) < 4.78 is 53.3. The van der Waals surface area contributed by atoms with E-state index in [-0.39, 0.29) is 13.1 Å². The van der Waals surface area contributed by atoms with Gasteiger partial charge in [-0.05, 0) is 49.7 Å². The Balaban J connectivity index is 2.00. The van der Waals surface area contributed by atoms with Gasteiger partial charge in [-0.1, -0.05) is 13.0 Å². The van der Waals surface area contributed by atoms with Crippen LogP contribution in [0.2, 0.25) is 0 Å². The predicted molar refractivity (Wildman–Crippen MR) is 101 cm³/mol. The quantitative estimate of drug-likeness (QED) is 0.513. The van der Waals surface area contributed by atoms with E-state index in [1.165, 1.54) is 23.1 Å². The highest BCUT2D eigenvalue weighted by Crippen LogP contribution is 2.19. The van der Waals surface area contributed by atoms with Gasteiger partial charge in [0.05, 0.1) is 18.8 Å². The molecule has 2 amide bonds. The molecule has 0 aliphatic heterocycles. The lowest BCUT2D eigenvalue weighted by Gasteiger charge is -2.21. The summed E-state index contributed by atoms with van der Waals surface area (Å²) in [5.41, 5.74) is 0.498. The third-order valence-corrected chi connectivity index (χ3v) is 4.06. The van der Waals surface area contributed by atoms with Crippen LogP contribution in [0.4, 0.5) is 28.9 Å². The Morgan fingerprint density at radius 2 is 1.52 bits per heavy atom. The van der Waals surface area contributed by atoms with Crippen molar-refractivity contribution in [2.75, 3.05) is 30.3 Å². The summed E-state index contributed by atoms with van der Waals surface area (Å²) in [6, 6.07) is 5.60. The number of hydrogen-bond acceptors (Lipinski definition) is 3. The van der Waals surface area contributed by atoms with Gasteiger partial charge in [0.2, 0.25) is 11.8 Å². The molecular weight excluding hydrogens is 390 g/mol. The van der Waals surface area contributed by atoms with E-state index in [2.05, 4.69) is 10.6 Å². The molecule has 0 spiro atoms. The maximum Gasteiger partial charge on any atom is 0.238 e. The van der Waals surface area contributed by atoms with Gasteiger partial charge in [0.1, 0.15) is 5.82 Å². The molecule has 2 N–H and O–H groups in total. The number of halogens is 4. The minimum absolute atomic E-state index is 0.169. The molecule has 9 heteroatoms. The highest BCUT2D eigenvalue weighted by Gasteiger charge is 2.18. The van der Waals surface area contributed by atoms with Gasteiger partial charge in [-0.3, -0.25) is 14.5 Å². The van der Waals surface area contributed by atoms with Crippen LogP contribution in [0.3, 0.4) is 0 Å². The first kappa shape index (κ1) is 22.4. The van der Waals surface area contributed by atoms with E-state index in [1.807, 2.05) is 6.92 Å². The molecule has 0 saturated carbocycles. The summed E-state index contributed by atoms with van der Waals surface area (Å²) in [5, 5.41) is 4.75. The molecule has 2 aromatic carbocycles. The van der Waals surface area contributed by atoms with Crippen LogP contribution in [-0.4, -0.2) is 36.3 Å². The molecule has 2 rings (SSSR count). The number of anilines is 2. The number of rotatable bonds is 8. The first-order valence-electron chi connectivity index (χ1n) is 8.93. The molecule has 0 radical (unpaired) electrons. The van der Waals surface area contributed by atoms with Crippen molar-refractivity contribution in [1.29, 1.82) is 0 Å². The number of benzene rings is 2. The summed E-state index contributed by atoms with van der Waals surface area (Å²) in [7, 11) is 0. The van der Waals surface area contributed by atoms with Crippen LogP contribution in [0.15, 0.2) is 30.3 Å². The average Bonchev–Trinajstić information content (AvgIpc) is 2.65. The molecule has 0 saturated heterocycles. The van der Waals surface area contributed by atoms with E-state index in [0.29, 0.717) is 30.3 Å². The smallest absolute Gasteiger partial charge is 0.238 e. The molecule has 0 aliphatic carbocycles. The van der Waals surface area contributed by atoms with Crippen molar-refractivity contribution in [3.63, 3.8) is 0 Å². The van der Waals surface area contributed by atoms with Crippen molar-refractivity contribution >= 4 is 23.2 Å². The Kier molecular flexibility index (Phi) is 7.72. The van der Waals surface area contributed by atoms with Gasteiger partial charge < -0.3 is 10.6 Å². The number of amides is 2. The van der Waals surface area contributed by atoms with E-state index in [1.54, 1.807) is 6.92 Å². The molecule has 5 nitrogen and oxygen atoms in total. The van der Waals surface area contributed by atoms with E-state index < -0.39 is 40.8 Å². The second kappa shape index (κ2) is 10.0. The monoisotopic (exact) mass is 411 g/mol. The Labute approximate surface area is 165 Å². The summed E-state index contributed by atoms with van der Waals surface area (Å²) in [4.78, 5) is 25.9. The number of nitrogens with one attached hydrogen (secondary N) is 2. The minimum Gasteiger partial charge on any atom is -0.325 e. The van der Waals surface area contributed by atoms with Crippen molar-refractivity contribution in [3.8, 4) is 0 Å². The summed E-state index contributed by atoms with van der Waals surface area (Å²) >= 11 is 0. The van der Waals surface area contributed by atoms with Crippen LogP contribution in [0.1, 0.15) is 18.9 Å². The van der Waals surface area contributed by atoms with Crippen LogP contribution in [0, 0.1) is 30.2 Å². The lowest BCUT2D eigenvalue weighted by Crippen LogP contribution is -2.39. The standard InChI is InChI=1S/C20H21F4N3O2/c1-3-8-27(11-18(29)26-16-9-13(21)5-4-12(16)2)10-17(28)25-15-7-6-14(22)19(23)20(15)24/h4-7,9H,3,8,10-11H2,1-2H3,(H,25,28)(H,26,29). The van der Waals surface area contributed by atoms with E-state index in [0.717, 1.165) is 6.07 Å². The summed E-state index contributed by atoms with van der Waals surface area (Å²) in [6.45, 7) is 3.49. The minimum atomic E-state index is -1.68. The van der Waals surface area contributed by atoms with Crippen molar-refractivity contribution in [2.45, 2.75) is 20.3 Å². The van der Waals surface area contributed by atoms with Gasteiger partial charge in [-0.2, -0.15) is 0 Å². The molecule has 0 aliphatic rings. The zero-order valence-electron chi connectivity index (χ0n) is 16.0. The fraction of sp³-hybridized carbons (Fsp3) is 0.300. The van der Waals surface area contributed by atoms with E-state index in [4.69, 9.17) is 0 Å². The van der Waals surface area contributed by atoms with E-state index >= 15 is 0 Å². The molecule has 2 aromatic rings. The molecule has 0 heterocycles. The van der Waals surface area contributed by atoms with Crippen molar-refractivity contribution in [1.82, 2.24) is 4.90 Å². The molecule has 29 heavy (non-hydrogen) atoms. The highest BCUT2D eigenvalue weighted by atomic mass is 19.2. The average molecular weight is 411 g/mol. The Morgan fingerprint density at radius 1 is 0.897 bits per heavy atom. The molecule has 156 valence electrons. The first-order valence-corrected chi connectivity index (χ1v) is 8.93. The van der Waals surface area contributed by atoms with Crippen molar-refractivity contribution in [2.24, 2.45) is 0 Å². The summed E-state index contributed by atoms with van der Waals surface area (Å²) in [6.07, 6.45) is 0.624. The number of carbonyl (C=O) groups is 2. The lowest BCUT2D eigenvalue weighted by molar-refractivity contribution is -0.120. The molecule has 0 aromatic heterocycles. The van der Waals surface area contributed by atoms with Crippen molar-refractivity contribution < 1.29 is 27.2 Å². The van der Waals surface area contributed by atoms with Crippen LogP contribution < -0.4 is 10.6 Å². The van der Waals surface area contributed by atoms with Gasteiger partial charge in [0.25, 0.3) is 0 Å². The van der Waals surface area contributed by atoms with E-state index in [9.17, 15) is 27.2 Å². The molecule has 0 unspecified atom stereocenters. The van der Waals surface area contributed by atoms with Crippen molar-refractivity contribution in [3.05, 3.63) is 59.2 Å². The van der Waals surface area contributed by atoms with Crippen LogP contribution >= 0.6 is 0 Å². The van der Waals surface area contributed by atoms with Crippen LogP contribution in [0.25, 0.3) is 0 Å². The second-order valence-electron chi connectivity index (χ2n) is 6.49. The maximum absolute atomic E-state index is 13.7. The number of aryl methyl sites for hydroxylation is 1. The lowest BCUT2D eigenvalue weighted by atomic mass is 10.2. The fourth-order valence-corrected chi connectivity index (χ4v) is 2.67. The van der Waals surface area contributed by atoms with Gasteiger partial charge in [-0.15, -0.1) is 0 Å². The maximum atomic E-state index is 13.7. The third-order valence-electron chi connectivity index (χ3n) is 4.06. The van der Waals surface area contributed by atoms with Gasteiger partial charge in [-0.25, -0.2) is 17.6 Å². The third kappa shape index (κ3) is 6.28. The van der Waals surface area contributed by atoms with Gasteiger partial charge in [0.15, 0.2) is 17.5 Å². The Bertz CT molecular complexity index is 906. The highest BCUT2D eigenvalue weighted by molar-refractivity contribution is 5.95. The summed E-state index contributed by atoms with van der Waals surface area (Å²) in [5.74, 6) is -6.20. The molecule has 0 fully saturated rings. The first-order chi connectivity index (χ1) is 13.7. The molecule has 0 atom stereocenters. The van der Waals surface area contributed by atoms with Gasteiger partial charge >= 0.3 is 0 Å². The van der Waals surface area contributed by atoms with Crippen LogP contribution in [0.5, 0.6) is 0 Å². The number of nitrogens with zero attached hydrogens (tertiary/aromatic N) is 1. The Hall–Kier alpha value is -2.94. The normalized spacial score (nSPS) is 10.9. The molecular formula is C20H21F4N3O2.